The summed E-state index contributed by atoms with van der Waals surface area (Å²) in [7, 11) is 0. The molecule has 0 spiro atoms. The molecule has 2 heterocycles. The molecule has 0 saturated heterocycles. The van der Waals surface area contributed by atoms with Gasteiger partial charge in [-0.15, -0.1) is 22.7 Å². The van der Waals surface area contributed by atoms with E-state index in [2.05, 4.69) is 4.98 Å². The van der Waals surface area contributed by atoms with Crippen LogP contribution in [0.5, 0.6) is 0 Å². The van der Waals surface area contributed by atoms with Gasteiger partial charge < -0.3 is 11.5 Å². The van der Waals surface area contributed by atoms with Crippen molar-refractivity contribution >= 4 is 43.8 Å². The summed E-state index contributed by atoms with van der Waals surface area (Å²) in [6.45, 7) is 0. The van der Waals surface area contributed by atoms with Crippen LogP contribution in [0.3, 0.4) is 0 Å². The van der Waals surface area contributed by atoms with E-state index in [0.717, 1.165) is 9.53 Å². The number of primary amides is 1. The molecule has 62 valence electrons. The first-order valence-electron chi connectivity index (χ1n) is 3.11. The number of carbonyl (C=O) groups excluding carboxylic acids is 1. The molecule has 0 atom stereocenters. The molecular weight excluding hydrogens is 194 g/mol. The second-order valence-corrected chi connectivity index (χ2v) is 4.05. The number of nitrogens with zero attached hydrogens (tertiary/aromatic N) is 1. The maximum absolute atomic E-state index is 10.8. The average molecular weight is 199 g/mol. The number of thiophene rings is 1. The molecule has 4 nitrogen and oxygen atoms in total. The molecule has 2 aromatic heterocycles. The molecule has 0 aliphatic rings. The Bertz CT molecular complexity index is 445. The summed E-state index contributed by atoms with van der Waals surface area (Å²) in [5, 5.41) is 0. The highest BCUT2D eigenvalue weighted by Crippen LogP contribution is 2.34. The maximum atomic E-state index is 10.8. The molecule has 4 N–H and O–H groups in total. The number of nitrogens with two attached hydrogens (primary N) is 2. The number of anilines is 1. The molecular formula is C6H5N3OS2. The van der Waals surface area contributed by atoms with Crippen LogP contribution in [-0.4, -0.2) is 10.9 Å². The van der Waals surface area contributed by atoms with Crippen LogP contribution in [0, 0.1) is 0 Å². The van der Waals surface area contributed by atoms with Crippen LogP contribution in [0.2, 0.25) is 0 Å². The van der Waals surface area contributed by atoms with Gasteiger partial charge in [-0.05, 0) is 0 Å². The lowest BCUT2D eigenvalue weighted by Gasteiger charge is -1.89. The molecule has 0 aromatic carbocycles. The Morgan fingerprint density at radius 2 is 2.33 bits per heavy atom. The number of thiazole rings is 1. The first kappa shape index (κ1) is 7.51. The minimum absolute atomic E-state index is 0.407. The second kappa shape index (κ2) is 2.43. The monoisotopic (exact) mass is 199 g/mol. The molecule has 12 heavy (non-hydrogen) atoms. The third-order valence-electron chi connectivity index (χ3n) is 1.45. The van der Waals surface area contributed by atoms with Gasteiger partial charge in [0.05, 0.1) is 15.9 Å². The minimum Gasteiger partial charge on any atom is -0.396 e. The van der Waals surface area contributed by atoms with E-state index in [4.69, 9.17) is 11.5 Å². The van der Waals surface area contributed by atoms with Crippen LogP contribution in [-0.2, 0) is 0 Å². The van der Waals surface area contributed by atoms with Crippen molar-refractivity contribution in [3.8, 4) is 0 Å². The standard InChI is InChI=1S/C6H5N3OS2/c7-2-3(5(8)10)12-6-4(2)11-1-9-6/h1H,7H2,(H2,8,10). The number of aromatic nitrogens is 1. The van der Waals surface area contributed by atoms with Crippen molar-refractivity contribution in [1.29, 1.82) is 0 Å². The number of rotatable bonds is 1. The highest BCUT2D eigenvalue weighted by atomic mass is 32.1. The van der Waals surface area contributed by atoms with Crippen molar-refractivity contribution < 1.29 is 4.79 Å². The van der Waals surface area contributed by atoms with Gasteiger partial charge in [-0.25, -0.2) is 4.98 Å². The van der Waals surface area contributed by atoms with E-state index < -0.39 is 5.91 Å². The average Bonchev–Trinajstić information content (AvgIpc) is 2.53. The van der Waals surface area contributed by atoms with Gasteiger partial charge in [0.1, 0.15) is 9.71 Å². The Morgan fingerprint density at radius 3 is 2.92 bits per heavy atom. The Morgan fingerprint density at radius 1 is 1.58 bits per heavy atom. The van der Waals surface area contributed by atoms with Gasteiger partial charge in [0.2, 0.25) is 0 Å². The summed E-state index contributed by atoms with van der Waals surface area (Å²) in [4.78, 5) is 16.0. The number of hydrogen-bond acceptors (Lipinski definition) is 5. The molecule has 0 unspecified atom stereocenters. The molecule has 0 radical (unpaired) electrons. The van der Waals surface area contributed by atoms with Crippen molar-refractivity contribution in [1.82, 2.24) is 4.98 Å². The van der Waals surface area contributed by atoms with Crippen LogP contribution >= 0.6 is 22.7 Å². The van der Waals surface area contributed by atoms with E-state index in [-0.39, 0.29) is 0 Å². The van der Waals surface area contributed by atoms with E-state index in [1.807, 2.05) is 0 Å². The SMILES string of the molecule is NC(=O)c1sc2ncsc2c1N. The smallest absolute Gasteiger partial charge is 0.261 e. The number of hydrogen-bond donors (Lipinski definition) is 2. The van der Waals surface area contributed by atoms with Crippen molar-refractivity contribution in [2.45, 2.75) is 0 Å². The predicted octanol–water partition coefficient (Wildman–Crippen LogP) is 1.04. The Labute approximate surface area is 75.8 Å². The molecule has 6 heteroatoms. The van der Waals surface area contributed by atoms with Gasteiger partial charge >= 0.3 is 0 Å². The highest BCUT2D eigenvalue weighted by molar-refractivity contribution is 7.28. The Hall–Kier alpha value is -1.14. The van der Waals surface area contributed by atoms with Gasteiger partial charge in [-0.3, -0.25) is 4.79 Å². The lowest BCUT2D eigenvalue weighted by atomic mass is 10.4. The van der Waals surface area contributed by atoms with Gasteiger partial charge in [0.25, 0.3) is 5.91 Å². The van der Waals surface area contributed by atoms with E-state index in [1.54, 1.807) is 5.51 Å². The summed E-state index contributed by atoms with van der Waals surface area (Å²) >= 11 is 2.66. The van der Waals surface area contributed by atoms with Crippen LogP contribution in [0.15, 0.2) is 5.51 Å². The molecule has 1 amide bonds. The summed E-state index contributed by atoms with van der Waals surface area (Å²) < 4.78 is 0.855. The minimum atomic E-state index is -0.484. The van der Waals surface area contributed by atoms with E-state index >= 15 is 0 Å². The van der Waals surface area contributed by atoms with Gasteiger partial charge in [0.15, 0.2) is 0 Å². The second-order valence-electron chi connectivity index (χ2n) is 2.20. The largest absolute Gasteiger partial charge is 0.396 e. The Kier molecular flexibility index (Phi) is 1.52. The van der Waals surface area contributed by atoms with Crippen LogP contribution in [0.25, 0.3) is 9.53 Å². The van der Waals surface area contributed by atoms with Gasteiger partial charge in [-0.2, -0.15) is 0 Å². The number of fused-ring (bicyclic) bond motifs is 1. The zero-order chi connectivity index (χ0) is 8.72. The maximum Gasteiger partial charge on any atom is 0.261 e. The highest BCUT2D eigenvalue weighted by Gasteiger charge is 2.14. The third kappa shape index (κ3) is 0.886. The van der Waals surface area contributed by atoms with E-state index in [1.165, 1.54) is 22.7 Å². The van der Waals surface area contributed by atoms with Crippen LogP contribution in [0.1, 0.15) is 9.67 Å². The van der Waals surface area contributed by atoms with Crippen molar-refractivity contribution in [3.05, 3.63) is 10.4 Å². The first-order valence-corrected chi connectivity index (χ1v) is 4.81. The zero-order valence-corrected chi connectivity index (χ0v) is 7.54. The van der Waals surface area contributed by atoms with Crippen molar-refractivity contribution in [3.63, 3.8) is 0 Å². The lowest BCUT2D eigenvalue weighted by Crippen LogP contribution is -2.10. The quantitative estimate of drug-likeness (QED) is 0.719. The summed E-state index contributed by atoms with van der Waals surface area (Å²) in [5.74, 6) is -0.484. The van der Waals surface area contributed by atoms with Gasteiger partial charge in [-0.1, -0.05) is 0 Å². The number of carbonyl (C=O) groups is 1. The van der Waals surface area contributed by atoms with Gasteiger partial charge in [0, 0.05) is 0 Å². The molecule has 0 fully saturated rings. The fourth-order valence-corrected chi connectivity index (χ4v) is 2.79. The lowest BCUT2D eigenvalue weighted by molar-refractivity contribution is 0.100. The number of amides is 1. The first-order chi connectivity index (χ1) is 5.70. The molecule has 0 bridgehead atoms. The zero-order valence-electron chi connectivity index (χ0n) is 5.90. The van der Waals surface area contributed by atoms with E-state index in [0.29, 0.717) is 10.6 Å². The normalized spacial score (nSPS) is 10.7. The molecule has 0 aliphatic heterocycles. The fraction of sp³-hybridized carbons (Fsp3) is 0. The van der Waals surface area contributed by atoms with E-state index in [9.17, 15) is 4.79 Å². The third-order valence-corrected chi connectivity index (χ3v) is 3.56. The summed E-state index contributed by atoms with van der Waals surface area (Å²) in [6.07, 6.45) is 0. The number of nitrogen functional groups attached to an aromatic ring is 1. The molecule has 0 saturated carbocycles. The fourth-order valence-electron chi connectivity index (χ4n) is 0.925. The molecule has 2 rings (SSSR count). The summed E-state index contributed by atoms with van der Waals surface area (Å²) in [5.41, 5.74) is 12.9. The van der Waals surface area contributed by atoms with Crippen LogP contribution < -0.4 is 11.5 Å². The summed E-state index contributed by atoms with van der Waals surface area (Å²) in [6, 6.07) is 0. The van der Waals surface area contributed by atoms with Crippen molar-refractivity contribution in [2.75, 3.05) is 5.73 Å². The Balaban J connectivity index is 2.78. The van der Waals surface area contributed by atoms with Crippen LogP contribution in [0.4, 0.5) is 5.69 Å². The van der Waals surface area contributed by atoms with Crippen molar-refractivity contribution in [2.24, 2.45) is 5.73 Å². The predicted molar refractivity (Wildman–Crippen MR) is 50.4 cm³/mol. The molecule has 0 aliphatic carbocycles. The molecule has 2 aromatic rings. The topological polar surface area (TPSA) is 82.0 Å².